The van der Waals surface area contributed by atoms with Crippen LogP contribution in [-0.2, 0) is 16.0 Å². The molecule has 1 aliphatic carbocycles. The van der Waals surface area contributed by atoms with E-state index in [4.69, 9.17) is 4.74 Å². The molecule has 6 heteroatoms. The Labute approximate surface area is 127 Å². The van der Waals surface area contributed by atoms with Crippen LogP contribution in [0.2, 0.25) is 0 Å². The van der Waals surface area contributed by atoms with E-state index in [0.29, 0.717) is 6.61 Å². The second-order valence-electron chi connectivity index (χ2n) is 5.05. The molecule has 2 heterocycles. The Morgan fingerprint density at radius 3 is 3.14 bits per heavy atom. The molecule has 21 heavy (non-hydrogen) atoms. The molecule has 110 valence electrons. The fourth-order valence-electron chi connectivity index (χ4n) is 2.50. The lowest BCUT2D eigenvalue weighted by Gasteiger charge is -2.08. The molecule has 0 amide bonds. The van der Waals surface area contributed by atoms with Crippen molar-refractivity contribution >= 4 is 28.1 Å². The number of anilines is 2. The Hall–Kier alpha value is -1.95. The van der Waals surface area contributed by atoms with E-state index in [0.717, 1.165) is 34.9 Å². The van der Waals surface area contributed by atoms with E-state index in [2.05, 4.69) is 15.3 Å². The first kappa shape index (κ1) is 14.0. The van der Waals surface area contributed by atoms with Gasteiger partial charge in [-0.25, -0.2) is 4.98 Å². The zero-order valence-electron chi connectivity index (χ0n) is 12.0. The normalized spacial score (nSPS) is 16.6. The van der Waals surface area contributed by atoms with Crippen LogP contribution in [-0.4, -0.2) is 22.5 Å². The minimum absolute atomic E-state index is 0.162. The van der Waals surface area contributed by atoms with Crippen LogP contribution in [0.5, 0.6) is 0 Å². The number of pyridine rings is 1. The topological polar surface area (TPSA) is 64.1 Å². The average molecular weight is 303 g/mol. The lowest BCUT2D eigenvalue weighted by atomic mass is 10.1. The SMILES string of the molecule is CCOC(=O)C1CCc2sc(Nc3cncc(C)c3)nc21. The standard InChI is InChI=1S/C15H17N3O2S/c1-3-20-14(19)11-4-5-12-13(11)18-15(21-12)17-10-6-9(2)7-16-8-10/h6-8,11H,3-5H2,1-2H3,(H,17,18). The largest absolute Gasteiger partial charge is 0.465 e. The van der Waals surface area contributed by atoms with Crippen molar-refractivity contribution in [2.24, 2.45) is 0 Å². The van der Waals surface area contributed by atoms with Crippen molar-refractivity contribution < 1.29 is 9.53 Å². The molecule has 0 saturated carbocycles. The lowest BCUT2D eigenvalue weighted by Crippen LogP contribution is -2.14. The number of thiazole rings is 1. The maximum absolute atomic E-state index is 11.9. The number of rotatable bonds is 4. The molecule has 1 N–H and O–H groups in total. The molecule has 1 aliphatic rings. The van der Waals surface area contributed by atoms with Gasteiger partial charge in [-0.3, -0.25) is 9.78 Å². The molecule has 0 aromatic carbocycles. The minimum atomic E-state index is -0.206. The third-order valence-electron chi connectivity index (χ3n) is 3.42. The van der Waals surface area contributed by atoms with Gasteiger partial charge in [0.15, 0.2) is 5.13 Å². The van der Waals surface area contributed by atoms with Crippen molar-refractivity contribution in [1.29, 1.82) is 0 Å². The van der Waals surface area contributed by atoms with Gasteiger partial charge in [-0.2, -0.15) is 0 Å². The fourth-order valence-corrected chi connectivity index (χ4v) is 3.56. The van der Waals surface area contributed by atoms with Gasteiger partial charge in [0.1, 0.15) is 5.92 Å². The van der Waals surface area contributed by atoms with Crippen molar-refractivity contribution in [3.05, 3.63) is 34.6 Å². The van der Waals surface area contributed by atoms with E-state index in [9.17, 15) is 4.79 Å². The summed E-state index contributed by atoms with van der Waals surface area (Å²) in [6.45, 7) is 4.23. The molecule has 0 spiro atoms. The van der Waals surface area contributed by atoms with E-state index in [1.165, 1.54) is 4.88 Å². The number of nitrogens with one attached hydrogen (secondary N) is 1. The molecule has 5 nitrogen and oxygen atoms in total. The van der Waals surface area contributed by atoms with Crippen molar-refractivity contribution in [1.82, 2.24) is 9.97 Å². The molecule has 3 rings (SSSR count). The summed E-state index contributed by atoms with van der Waals surface area (Å²) >= 11 is 1.60. The highest BCUT2D eigenvalue weighted by Gasteiger charge is 2.33. The zero-order chi connectivity index (χ0) is 14.8. The number of aromatic nitrogens is 2. The summed E-state index contributed by atoms with van der Waals surface area (Å²) in [5, 5.41) is 4.07. The second kappa shape index (κ2) is 5.81. The monoisotopic (exact) mass is 303 g/mol. The second-order valence-corrected chi connectivity index (χ2v) is 6.13. The van der Waals surface area contributed by atoms with Crippen LogP contribution in [0, 0.1) is 6.92 Å². The lowest BCUT2D eigenvalue weighted by molar-refractivity contribution is -0.145. The first-order valence-corrected chi connectivity index (χ1v) is 7.84. The summed E-state index contributed by atoms with van der Waals surface area (Å²) in [4.78, 5) is 21.8. The number of esters is 1. The highest BCUT2D eigenvalue weighted by molar-refractivity contribution is 7.15. The van der Waals surface area contributed by atoms with Crippen LogP contribution in [0.15, 0.2) is 18.5 Å². The minimum Gasteiger partial charge on any atom is -0.465 e. The van der Waals surface area contributed by atoms with Crippen LogP contribution in [0.3, 0.4) is 0 Å². The third-order valence-corrected chi connectivity index (χ3v) is 4.46. The van der Waals surface area contributed by atoms with Crippen molar-refractivity contribution in [3.63, 3.8) is 0 Å². The molecular weight excluding hydrogens is 286 g/mol. The molecule has 1 unspecified atom stereocenters. The van der Waals surface area contributed by atoms with Crippen molar-refractivity contribution in [3.8, 4) is 0 Å². The number of nitrogens with zero attached hydrogens (tertiary/aromatic N) is 2. The predicted octanol–water partition coefficient (Wildman–Crippen LogP) is 3.18. The van der Waals surface area contributed by atoms with Gasteiger partial charge >= 0.3 is 5.97 Å². The molecule has 0 bridgehead atoms. The zero-order valence-corrected chi connectivity index (χ0v) is 12.9. The number of carbonyl (C=O) groups is 1. The van der Waals surface area contributed by atoms with Gasteiger partial charge in [-0.05, 0) is 38.3 Å². The van der Waals surface area contributed by atoms with Gasteiger partial charge < -0.3 is 10.1 Å². The van der Waals surface area contributed by atoms with E-state index in [-0.39, 0.29) is 11.9 Å². The number of hydrogen-bond acceptors (Lipinski definition) is 6. The smallest absolute Gasteiger partial charge is 0.315 e. The molecule has 1 atom stereocenters. The quantitative estimate of drug-likeness (QED) is 0.879. The highest BCUT2D eigenvalue weighted by atomic mass is 32.1. The Bertz CT molecular complexity index is 669. The third kappa shape index (κ3) is 2.90. The van der Waals surface area contributed by atoms with Crippen molar-refractivity contribution in [2.75, 3.05) is 11.9 Å². The Morgan fingerprint density at radius 2 is 2.38 bits per heavy atom. The number of ether oxygens (including phenoxy) is 1. The maximum atomic E-state index is 11.9. The number of fused-ring (bicyclic) bond motifs is 1. The summed E-state index contributed by atoms with van der Waals surface area (Å²) in [5.74, 6) is -0.368. The Morgan fingerprint density at radius 1 is 1.52 bits per heavy atom. The summed E-state index contributed by atoms with van der Waals surface area (Å²) in [5.41, 5.74) is 2.88. The van der Waals surface area contributed by atoms with Crippen LogP contribution < -0.4 is 5.32 Å². The number of aryl methyl sites for hydroxylation is 2. The molecule has 2 aromatic heterocycles. The van der Waals surface area contributed by atoms with Crippen LogP contribution in [0.1, 0.15) is 35.4 Å². The summed E-state index contributed by atoms with van der Waals surface area (Å²) in [7, 11) is 0. The molecule has 0 fully saturated rings. The van der Waals surface area contributed by atoms with Crippen LogP contribution in [0.4, 0.5) is 10.8 Å². The van der Waals surface area contributed by atoms with Crippen molar-refractivity contribution in [2.45, 2.75) is 32.6 Å². The van der Waals surface area contributed by atoms with Gasteiger partial charge in [-0.15, -0.1) is 11.3 Å². The van der Waals surface area contributed by atoms with Crippen LogP contribution >= 0.6 is 11.3 Å². The van der Waals surface area contributed by atoms with Gasteiger partial charge in [0.25, 0.3) is 0 Å². The van der Waals surface area contributed by atoms with Gasteiger partial charge in [0.2, 0.25) is 0 Å². The predicted molar refractivity (Wildman–Crippen MR) is 82.1 cm³/mol. The first-order chi connectivity index (χ1) is 10.2. The van der Waals surface area contributed by atoms with E-state index in [1.54, 1.807) is 17.5 Å². The summed E-state index contributed by atoms with van der Waals surface area (Å²) in [6, 6.07) is 2.02. The molecule has 0 saturated heterocycles. The first-order valence-electron chi connectivity index (χ1n) is 7.02. The molecule has 2 aromatic rings. The average Bonchev–Trinajstić information content (AvgIpc) is 2.98. The number of carbonyl (C=O) groups excluding carboxylic acids is 1. The molecule has 0 aliphatic heterocycles. The van der Waals surface area contributed by atoms with E-state index < -0.39 is 0 Å². The van der Waals surface area contributed by atoms with Gasteiger partial charge in [0.05, 0.1) is 24.2 Å². The Kier molecular flexibility index (Phi) is 3.88. The Balaban J connectivity index is 1.79. The number of hydrogen-bond donors (Lipinski definition) is 1. The van der Waals surface area contributed by atoms with Gasteiger partial charge in [0, 0.05) is 11.1 Å². The van der Waals surface area contributed by atoms with Crippen LogP contribution in [0.25, 0.3) is 0 Å². The maximum Gasteiger partial charge on any atom is 0.315 e. The van der Waals surface area contributed by atoms with E-state index >= 15 is 0 Å². The molecule has 0 radical (unpaired) electrons. The fraction of sp³-hybridized carbons (Fsp3) is 0.400. The molecular formula is C15H17N3O2S. The van der Waals surface area contributed by atoms with Gasteiger partial charge in [-0.1, -0.05) is 0 Å². The highest BCUT2D eigenvalue weighted by Crippen LogP contribution is 2.39. The summed E-state index contributed by atoms with van der Waals surface area (Å²) < 4.78 is 5.12. The van der Waals surface area contributed by atoms with E-state index in [1.807, 2.05) is 26.1 Å². The summed E-state index contributed by atoms with van der Waals surface area (Å²) in [6.07, 6.45) is 5.27.